The van der Waals surface area contributed by atoms with Crippen molar-refractivity contribution in [1.82, 2.24) is 14.5 Å². The van der Waals surface area contributed by atoms with Crippen LogP contribution in [0.15, 0.2) is 12.1 Å². The number of nitrogens with one attached hydrogen (secondary N) is 1. The van der Waals surface area contributed by atoms with Crippen molar-refractivity contribution in [1.29, 1.82) is 0 Å². The van der Waals surface area contributed by atoms with Crippen LogP contribution >= 0.6 is 0 Å². The second kappa shape index (κ2) is 5.88. The lowest BCUT2D eigenvalue weighted by Crippen LogP contribution is -2.30. The summed E-state index contributed by atoms with van der Waals surface area (Å²) in [6, 6.07) is 3.07. The van der Waals surface area contributed by atoms with Gasteiger partial charge in [-0.3, -0.25) is 14.7 Å². The van der Waals surface area contributed by atoms with E-state index >= 15 is 0 Å². The largest absolute Gasteiger partial charge is 0.378 e. The highest BCUT2D eigenvalue weighted by molar-refractivity contribution is 5.91. The Labute approximate surface area is 134 Å². The summed E-state index contributed by atoms with van der Waals surface area (Å²) in [5, 5.41) is 2.83. The Balaban J connectivity index is 1.92. The fraction of sp³-hybridized carbons (Fsp3) is 0.562. The quantitative estimate of drug-likeness (QED) is 0.860. The predicted octanol–water partition coefficient (Wildman–Crippen LogP) is 3.05. The molecule has 0 atom stereocenters. The van der Waals surface area contributed by atoms with Crippen molar-refractivity contribution in [2.75, 3.05) is 12.4 Å². The number of methoxy groups -OCH3 is 1. The molecular weight excluding hydrogens is 299 g/mol. The standard InChI is InChI=1S/C16H21FN4O2/c1-16(2,23-3)9-13(22)20-15-18-11-7-8-12(17)19-14(11)21(15)10-5-4-6-10/h7-8,10H,4-6,9H2,1-3H3,(H,18,20,22). The summed E-state index contributed by atoms with van der Waals surface area (Å²) >= 11 is 0. The van der Waals surface area contributed by atoms with Crippen molar-refractivity contribution < 1.29 is 13.9 Å². The van der Waals surface area contributed by atoms with Gasteiger partial charge in [0, 0.05) is 13.2 Å². The number of fused-ring (bicyclic) bond motifs is 1. The van der Waals surface area contributed by atoms with Gasteiger partial charge in [-0.2, -0.15) is 9.37 Å². The van der Waals surface area contributed by atoms with Crippen LogP contribution in [-0.4, -0.2) is 33.2 Å². The molecule has 0 unspecified atom stereocenters. The lowest BCUT2D eigenvalue weighted by Gasteiger charge is -2.29. The molecular formula is C16H21FN4O2. The molecule has 2 heterocycles. The van der Waals surface area contributed by atoms with Gasteiger partial charge in [-0.1, -0.05) is 0 Å². The smallest absolute Gasteiger partial charge is 0.229 e. The van der Waals surface area contributed by atoms with E-state index in [1.54, 1.807) is 13.2 Å². The molecule has 2 aromatic rings. The molecule has 0 radical (unpaired) electrons. The molecule has 0 bridgehead atoms. The number of nitrogens with zero attached hydrogens (tertiary/aromatic N) is 3. The summed E-state index contributed by atoms with van der Waals surface area (Å²) in [6.07, 6.45) is 3.29. The Kier molecular flexibility index (Phi) is 4.06. The van der Waals surface area contributed by atoms with E-state index in [9.17, 15) is 9.18 Å². The van der Waals surface area contributed by atoms with Gasteiger partial charge in [0.05, 0.1) is 12.0 Å². The van der Waals surface area contributed by atoms with Crippen LogP contribution in [0.4, 0.5) is 10.3 Å². The maximum absolute atomic E-state index is 13.5. The Hall–Kier alpha value is -2.02. The fourth-order valence-corrected chi connectivity index (χ4v) is 2.66. The second-order valence-corrected chi connectivity index (χ2v) is 6.56. The molecule has 0 saturated heterocycles. The Morgan fingerprint density at radius 1 is 1.43 bits per heavy atom. The Morgan fingerprint density at radius 3 is 2.78 bits per heavy atom. The average molecular weight is 320 g/mol. The van der Waals surface area contributed by atoms with Gasteiger partial charge < -0.3 is 4.74 Å². The zero-order valence-electron chi connectivity index (χ0n) is 13.6. The minimum Gasteiger partial charge on any atom is -0.378 e. The van der Waals surface area contributed by atoms with E-state index in [1.165, 1.54) is 6.07 Å². The highest BCUT2D eigenvalue weighted by atomic mass is 19.1. The molecule has 2 aromatic heterocycles. The van der Waals surface area contributed by atoms with Gasteiger partial charge >= 0.3 is 0 Å². The fourth-order valence-electron chi connectivity index (χ4n) is 2.66. The molecule has 1 saturated carbocycles. The molecule has 124 valence electrons. The van der Waals surface area contributed by atoms with E-state index in [4.69, 9.17) is 4.74 Å². The van der Waals surface area contributed by atoms with Gasteiger partial charge in [-0.25, -0.2) is 4.98 Å². The molecule has 1 aliphatic rings. The van der Waals surface area contributed by atoms with E-state index < -0.39 is 11.5 Å². The van der Waals surface area contributed by atoms with E-state index in [0.717, 1.165) is 19.3 Å². The van der Waals surface area contributed by atoms with Crippen molar-refractivity contribution in [3.8, 4) is 0 Å². The highest BCUT2D eigenvalue weighted by Crippen LogP contribution is 2.36. The maximum atomic E-state index is 13.5. The van der Waals surface area contributed by atoms with Crippen molar-refractivity contribution in [2.45, 2.75) is 51.2 Å². The number of aromatic nitrogens is 3. The topological polar surface area (TPSA) is 69.0 Å². The first-order valence-electron chi connectivity index (χ1n) is 7.79. The monoisotopic (exact) mass is 320 g/mol. The Morgan fingerprint density at radius 2 is 2.17 bits per heavy atom. The molecule has 6 nitrogen and oxygen atoms in total. The third kappa shape index (κ3) is 3.19. The summed E-state index contributed by atoms with van der Waals surface area (Å²) in [5.41, 5.74) is 0.512. The number of pyridine rings is 1. The molecule has 0 spiro atoms. The van der Waals surface area contributed by atoms with Gasteiger partial charge in [0.25, 0.3) is 0 Å². The normalized spacial score (nSPS) is 15.7. The first-order valence-corrected chi connectivity index (χ1v) is 7.79. The minimum absolute atomic E-state index is 0.187. The number of carbonyl (C=O) groups is 1. The van der Waals surface area contributed by atoms with E-state index in [0.29, 0.717) is 17.1 Å². The van der Waals surface area contributed by atoms with Gasteiger partial charge in [-0.05, 0) is 45.2 Å². The zero-order valence-corrected chi connectivity index (χ0v) is 13.6. The first-order chi connectivity index (χ1) is 10.9. The maximum Gasteiger partial charge on any atom is 0.229 e. The summed E-state index contributed by atoms with van der Waals surface area (Å²) < 4.78 is 20.6. The second-order valence-electron chi connectivity index (χ2n) is 6.56. The number of carbonyl (C=O) groups excluding carboxylic acids is 1. The van der Waals surface area contributed by atoms with Crippen LogP contribution in [0.3, 0.4) is 0 Å². The van der Waals surface area contributed by atoms with Gasteiger partial charge in [0.1, 0.15) is 5.52 Å². The van der Waals surface area contributed by atoms with Crippen molar-refractivity contribution in [3.63, 3.8) is 0 Å². The number of halogens is 1. The molecule has 3 rings (SSSR count). The molecule has 7 heteroatoms. The third-order valence-corrected chi connectivity index (χ3v) is 4.33. The summed E-state index contributed by atoms with van der Waals surface area (Å²) in [6.45, 7) is 3.69. The molecule has 0 aliphatic heterocycles. The van der Waals surface area contributed by atoms with Crippen LogP contribution in [0, 0.1) is 5.95 Å². The third-order valence-electron chi connectivity index (χ3n) is 4.33. The molecule has 23 heavy (non-hydrogen) atoms. The number of hydrogen-bond donors (Lipinski definition) is 1. The average Bonchev–Trinajstić information content (AvgIpc) is 2.74. The van der Waals surface area contributed by atoms with Crippen LogP contribution in [0.1, 0.15) is 45.6 Å². The van der Waals surface area contributed by atoms with Crippen LogP contribution < -0.4 is 5.32 Å². The number of amides is 1. The van der Waals surface area contributed by atoms with E-state index in [1.807, 2.05) is 18.4 Å². The molecule has 1 amide bonds. The zero-order chi connectivity index (χ0) is 16.6. The first kappa shape index (κ1) is 15.9. The number of imidazole rings is 1. The SMILES string of the molecule is COC(C)(C)CC(=O)Nc1nc2ccc(F)nc2n1C1CCC1. The van der Waals surface area contributed by atoms with Crippen LogP contribution in [0.2, 0.25) is 0 Å². The van der Waals surface area contributed by atoms with Crippen molar-refractivity contribution in [3.05, 3.63) is 18.1 Å². The molecule has 0 aromatic carbocycles. The van der Waals surface area contributed by atoms with Crippen LogP contribution in [-0.2, 0) is 9.53 Å². The summed E-state index contributed by atoms with van der Waals surface area (Å²) in [4.78, 5) is 20.6. The molecule has 1 aliphatic carbocycles. The molecule has 1 N–H and O–H groups in total. The van der Waals surface area contributed by atoms with Gasteiger partial charge in [0.15, 0.2) is 5.65 Å². The minimum atomic E-state index is -0.554. The summed E-state index contributed by atoms with van der Waals surface area (Å²) in [5.74, 6) is -0.302. The van der Waals surface area contributed by atoms with Crippen LogP contribution in [0.5, 0.6) is 0 Å². The number of hydrogen-bond acceptors (Lipinski definition) is 4. The molecule has 1 fully saturated rings. The van der Waals surface area contributed by atoms with E-state index in [2.05, 4.69) is 15.3 Å². The number of rotatable bonds is 5. The van der Waals surface area contributed by atoms with Crippen molar-refractivity contribution >= 4 is 23.0 Å². The number of ether oxygens (including phenoxy) is 1. The lowest BCUT2D eigenvalue weighted by molar-refractivity contribution is -0.121. The van der Waals surface area contributed by atoms with E-state index in [-0.39, 0.29) is 18.4 Å². The van der Waals surface area contributed by atoms with Gasteiger partial charge in [-0.15, -0.1) is 0 Å². The Bertz CT molecular complexity index is 737. The summed E-state index contributed by atoms with van der Waals surface area (Å²) in [7, 11) is 1.57. The van der Waals surface area contributed by atoms with Gasteiger partial charge in [0.2, 0.25) is 17.8 Å². The highest BCUT2D eigenvalue weighted by Gasteiger charge is 2.28. The number of anilines is 1. The van der Waals surface area contributed by atoms with Crippen LogP contribution in [0.25, 0.3) is 11.2 Å². The van der Waals surface area contributed by atoms with Crippen molar-refractivity contribution in [2.24, 2.45) is 0 Å². The predicted molar refractivity (Wildman–Crippen MR) is 84.7 cm³/mol. The lowest BCUT2D eigenvalue weighted by atomic mass is 9.93.